The highest BCUT2D eigenvalue weighted by atomic mass is 32.2. The highest BCUT2D eigenvalue weighted by Crippen LogP contribution is 2.42. The number of pyridine rings is 2. The number of aromatic nitrogens is 2. The Kier molecular flexibility index (Phi) is 10.7. The van der Waals surface area contributed by atoms with Crippen LogP contribution >= 0.6 is 11.8 Å². The van der Waals surface area contributed by atoms with E-state index in [2.05, 4.69) is 11.1 Å². The van der Waals surface area contributed by atoms with Crippen LogP contribution in [0.3, 0.4) is 0 Å². The Hall–Kier alpha value is -4.02. The lowest BCUT2D eigenvalue weighted by Crippen LogP contribution is -2.61. The number of carbonyl (C=O) groups excluding carboxylic acids is 4. The lowest BCUT2D eigenvalue weighted by atomic mass is 9.93. The molecule has 0 radical (unpaired) electrons. The van der Waals surface area contributed by atoms with Crippen LogP contribution in [0.1, 0.15) is 63.8 Å². The van der Waals surface area contributed by atoms with Crippen molar-refractivity contribution in [1.82, 2.24) is 9.97 Å². The van der Waals surface area contributed by atoms with Gasteiger partial charge in [0.25, 0.3) is 0 Å². The van der Waals surface area contributed by atoms with Crippen molar-refractivity contribution in [3.8, 4) is 17.2 Å². The molecule has 13 heteroatoms. The molecule has 0 spiro atoms. The van der Waals surface area contributed by atoms with Crippen molar-refractivity contribution in [2.24, 2.45) is 0 Å². The van der Waals surface area contributed by atoms with Crippen molar-refractivity contribution >= 4 is 35.6 Å². The minimum atomic E-state index is -1.32. The predicted molar refractivity (Wildman–Crippen MR) is 151 cm³/mol. The number of hydrogen-bond acceptors (Lipinski definition) is 13. The molecule has 12 nitrogen and oxygen atoms in total. The second-order valence-corrected chi connectivity index (χ2v) is 11.3. The van der Waals surface area contributed by atoms with Crippen LogP contribution in [-0.4, -0.2) is 70.3 Å². The normalized spacial score (nSPS) is 23.1. The summed E-state index contributed by atoms with van der Waals surface area (Å²) in [7, 11) is 0. The topological polar surface area (TPSA) is 164 Å². The Morgan fingerprint density at radius 1 is 0.907 bits per heavy atom. The summed E-state index contributed by atoms with van der Waals surface area (Å²) in [6.07, 6.45) is 2.74. The van der Waals surface area contributed by atoms with Crippen molar-refractivity contribution in [3.05, 3.63) is 41.3 Å². The van der Waals surface area contributed by atoms with Crippen LogP contribution in [0.25, 0.3) is 11.1 Å². The Morgan fingerprint density at radius 2 is 1.53 bits per heavy atom. The van der Waals surface area contributed by atoms with E-state index in [4.69, 9.17) is 28.7 Å². The molecule has 0 aromatic carbocycles. The number of esters is 4. The molecule has 2 aromatic rings. The number of nitrogens with zero attached hydrogens (tertiary/aromatic N) is 3. The van der Waals surface area contributed by atoms with Crippen molar-refractivity contribution in [2.45, 2.75) is 94.7 Å². The van der Waals surface area contributed by atoms with E-state index in [9.17, 15) is 24.4 Å². The number of carbonyl (C=O) groups is 4. The van der Waals surface area contributed by atoms with Crippen LogP contribution < -0.4 is 0 Å². The minimum Gasteiger partial charge on any atom is -0.463 e. The second-order valence-electron chi connectivity index (χ2n) is 10.2. The summed E-state index contributed by atoms with van der Waals surface area (Å²) >= 11 is 1.02. The first-order chi connectivity index (χ1) is 20.6. The molecular weight excluding hydrogens is 578 g/mol. The molecule has 1 aliphatic heterocycles. The first kappa shape index (κ1) is 31.9. The maximum atomic E-state index is 12.3. The third-order valence-corrected chi connectivity index (χ3v) is 8.08. The van der Waals surface area contributed by atoms with Crippen LogP contribution in [0.15, 0.2) is 29.6 Å². The lowest BCUT2D eigenvalue weighted by molar-refractivity contribution is -0.237. The van der Waals surface area contributed by atoms with Gasteiger partial charge < -0.3 is 23.7 Å². The molecule has 5 atom stereocenters. The minimum absolute atomic E-state index is 0.310. The smallest absolute Gasteiger partial charge is 0.303 e. The standard InChI is InChI=1S/C30H33N3O9S/c1-16(34)38-15-24-26(39-17(2)35)27(40-18(3)36)28(41-19(4)37)30(42-24)43-29-22(14-31)25(20-10-12-32-13-11-20)21-8-6-5-7-9-23(21)33-29/h10-13,24,26-28,30H,5-9,15H2,1-4H3. The fraction of sp³-hybridized carbons (Fsp3) is 0.500. The summed E-state index contributed by atoms with van der Waals surface area (Å²) in [6.45, 7) is 4.37. The third kappa shape index (κ3) is 7.88. The first-order valence-electron chi connectivity index (χ1n) is 13.9. The Bertz CT molecular complexity index is 1410. The molecule has 0 saturated carbocycles. The number of thioether (sulfide) groups is 1. The summed E-state index contributed by atoms with van der Waals surface area (Å²) in [5.74, 6) is -2.75. The van der Waals surface area contributed by atoms with Gasteiger partial charge in [0.15, 0.2) is 23.7 Å². The van der Waals surface area contributed by atoms with E-state index in [0.717, 1.165) is 73.7 Å². The highest BCUT2D eigenvalue weighted by molar-refractivity contribution is 7.99. The number of aryl methyl sites for hydroxylation is 1. The van der Waals surface area contributed by atoms with E-state index in [-0.39, 0.29) is 6.61 Å². The number of nitriles is 1. The van der Waals surface area contributed by atoms with Gasteiger partial charge >= 0.3 is 23.9 Å². The van der Waals surface area contributed by atoms with E-state index in [1.165, 1.54) is 13.8 Å². The summed E-state index contributed by atoms with van der Waals surface area (Å²) in [5.41, 5.74) is 2.64. The van der Waals surface area contributed by atoms with Gasteiger partial charge in [-0.05, 0) is 48.9 Å². The second kappa shape index (κ2) is 14.4. The summed E-state index contributed by atoms with van der Waals surface area (Å²) < 4.78 is 28.1. The number of hydrogen-bond donors (Lipinski definition) is 0. The van der Waals surface area contributed by atoms with E-state index in [0.29, 0.717) is 17.0 Å². The van der Waals surface area contributed by atoms with Crippen LogP contribution in [0.2, 0.25) is 0 Å². The van der Waals surface area contributed by atoms with Crippen LogP contribution in [0, 0.1) is 11.3 Å². The van der Waals surface area contributed by atoms with Gasteiger partial charge in [-0.25, -0.2) is 4.98 Å². The Morgan fingerprint density at radius 3 is 2.16 bits per heavy atom. The van der Waals surface area contributed by atoms with Gasteiger partial charge in [-0.2, -0.15) is 5.26 Å². The van der Waals surface area contributed by atoms with E-state index < -0.39 is 53.7 Å². The fourth-order valence-corrected chi connectivity index (χ4v) is 6.51. The lowest BCUT2D eigenvalue weighted by Gasteiger charge is -2.44. The molecule has 1 aliphatic carbocycles. The van der Waals surface area contributed by atoms with E-state index in [1.54, 1.807) is 12.4 Å². The average Bonchev–Trinajstić information content (AvgIpc) is 3.19. The molecule has 0 amide bonds. The third-order valence-electron chi connectivity index (χ3n) is 6.95. The molecule has 228 valence electrons. The van der Waals surface area contributed by atoms with Crippen molar-refractivity contribution in [3.63, 3.8) is 0 Å². The van der Waals surface area contributed by atoms with Crippen LogP contribution in [0.5, 0.6) is 0 Å². The SMILES string of the molecule is CC(=O)OCC1OC(Sc2nc3c(c(-c4ccncc4)c2C#N)CCCCC3)C(OC(C)=O)C(OC(C)=O)C1OC(C)=O. The monoisotopic (exact) mass is 611 g/mol. The largest absolute Gasteiger partial charge is 0.463 e. The van der Waals surface area contributed by atoms with Gasteiger partial charge in [0, 0.05) is 51.3 Å². The quantitative estimate of drug-likeness (QED) is 0.242. The van der Waals surface area contributed by atoms with Crippen molar-refractivity contribution in [2.75, 3.05) is 6.61 Å². The molecule has 2 aliphatic rings. The molecule has 2 aromatic heterocycles. The molecule has 1 fully saturated rings. The zero-order valence-corrected chi connectivity index (χ0v) is 25.2. The van der Waals surface area contributed by atoms with E-state index in [1.807, 2.05) is 12.1 Å². The molecule has 0 N–H and O–H groups in total. The van der Waals surface area contributed by atoms with E-state index >= 15 is 0 Å². The molecule has 4 rings (SSSR count). The zero-order chi connectivity index (χ0) is 31.1. The first-order valence-corrected chi connectivity index (χ1v) is 14.8. The highest BCUT2D eigenvalue weighted by Gasteiger charge is 2.52. The predicted octanol–water partition coefficient (Wildman–Crippen LogP) is 3.46. The van der Waals surface area contributed by atoms with Gasteiger partial charge in [0.1, 0.15) is 23.8 Å². The van der Waals surface area contributed by atoms with Crippen LogP contribution in [0.4, 0.5) is 0 Å². The molecule has 0 bridgehead atoms. The van der Waals surface area contributed by atoms with Gasteiger partial charge in [-0.15, -0.1) is 0 Å². The van der Waals surface area contributed by atoms with Gasteiger partial charge in [0.2, 0.25) is 0 Å². The summed E-state index contributed by atoms with van der Waals surface area (Å²) in [6, 6.07) is 5.99. The number of ether oxygens (including phenoxy) is 5. The molecule has 3 heterocycles. The maximum absolute atomic E-state index is 12.3. The van der Waals surface area contributed by atoms with Crippen molar-refractivity contribution in [1.29, 1.82) is 5.26 Å². The molecule has 43 heavy (non-hydrogen) atoms. The van der Waals surface area contributed by atoms with Gasteiger partial charge in [-0.3, -0.25) is 24.2 Å². The summed E-state index contributed by atoms with van der Waals surface area (Å²) in [5, 5.41) is 10.8. The van der Waals surface area contributed by atoms with Crippen LogP contribution in [-0.2, 0) is 55.7 Å². The number of fused-ring (bicyclic) bond motifs is 1. The van der Waals surface area contributed by atoms with Gasteiger partial charge in [0.05, 0.1) is 5.56 Å². The van der Waals surface area contributed by atoms with Crippen molar-refractivity contribution < 1.29 is 42.9 Å². The average molecular weight is 612 g/mol. The fourth-order valence-electron chi connectivity index (χ4n) is 5.31. The zero-order valence-electron chi connectivity index (χ0n) is 24.4. The number of rotatable bonds is 8. The molecule has 1 saturated heterocycles. The summed E-state index contributed by atoms with van der Waals surface area (Å²) in [4.78, 5) is 57.3. The van der Waals surface area contributed by atoms with Gasteiger partial charge in [-0.1, -0.05) is 18.2 Å². The maximum Gasteiger partial charge on any atom is 0.303 e. The Labute approximate surface area is 253 Å². The Balaban J connectivity index is 1.85. The molecular formula is C30H33N3O9S. The molecule has 5 unspecified atom stereocenters.